The van der Waals surface area contributed by atoms with Crippen LogP contribution >= 0.6 is 22.9 Å². The first-order chi connectivity index (χ1) is 9.54. The highest BCUT2D eigenvalue weighted by atomic mass is 35.5. The molecule has 1 aromatic carbocycles. The summed E-state index contributed by atoms with van der Waals surface area (Å²) in [4.78, 5) is 9.83. The smallest absolute Gasteiger partial charge is 0.150 e. The van der Waals surface area contributed by atoms with Gasteiger partial charge in [0.05, 0.1) is 10.2 Å². The van der Waals surface area contributed by atoms with Crippen LogP contribution in [0.4, 0.5) is 0 Å². The molecular formula is C16H15ClN2S. The van der Waals surface area contributed by atoms with Gasteiger partial charge >= 0.3 is 0 Å². The van der Waals surface area contributed by atoms with Crippen molar-refractivity contribution in [1.29, 1.82) is 0 Å². The van der Waals surface area contributed by atoms with Crippen LogP contribution in [0.3, 0.4) is 0 Å². The van der Waals surface area contributed by atoms with E-state index in [0.717, 1.165) is 10.2 Å². The lowest BCUT2D eigenvalue weighted by Gasteiger charge is -2.05. The lowest BCUT2D eigenvalue weighted by Crippen LogP contribution is -1.86. The average molecular weight is 303 g/mol. The van der Waals surface area contributed by atoms with Crippen molar-refractivity contribution in [2.24, 2.45) is 0 Å². The molecule has 0 saturated carbocycles. The highest BCUT2D eigenvalue weighted by Crippen LogP contribution is 2.36. The molecule has 0 radical (unpaired) electrons. The highest BCUT2D eigenvalue weighted by Gasteiger charge is 2.10. The second-order valence-electron chi connectivity index (χ2n) is 5.16. The van der Waals surface area contributed by atoms with Gasteiger partial charge in [-0.15, -0.1) is 11.3 Å². The lowest BCUT2D eigenvalue weighted by atomic mass is 10.0. The zero-order chi connectivity index (χ0) is 14.3. The Balaban J connectivity index is 2.08. The Morgan fingerprint density at radius 2 is 1.80 bits per heavy atom. The van der Waals surface area contributed by atoms with Crippen LogP contribution in [0.5, 0.6) is 0 Å². The molecule has 2 heterocycles. The van der Waals surface area contributed by atoms with E-state index in [1.165, 1.54) is 16.0 Å². The second-order valence-corrected chi connectivity index (χ2v) is 6.57. The van der Waals surface area contributed by atoms with Crippen LogP contribution in [-0.2, 0) is 0 Å². The van der Waals surface area contributed by atoms with E-state index in [1.54, 1.807) is 11.3 Å². The summed E-state index contributed by atoms with van der Waals surface area (Å²) in [5.41, 5.74) is 3.48. The van der Waals surface area contributed by atoms with Crippen LogP contribution in [0.2, 0.25) is 5.15 Å². The largest absolute Gasteiger partial charge is 0.232 e. The molecule has 0 spiro atoms. The maximum atomic E-state index is 6.19. The summed E-state index contributed by atoms with van der Waals surface area (Å²) in [7, 11) is 0. The zero-order valence-corrected chi connectivity index (χ0v) is 13.2. The van der Waals surface area contributed by atoms with Gasteiger partial charge in [0.1, 0.15) is 5.82 Å². The zero-order valence-electron chi connectivity index (χ0n) is 11.6. The topological polar surface area (TPSA) is 25.8 Å². The number of aryl methyl sites for hydroxylation is 1. The summed E-state index contributed by atoms with van der Waals surface area (Å²) in [5, 5.41) is 0.544. The predicted molar refractivity (Wildman–Crippen MR) is 86.7 cm³/mol. The third-order valence-electron chi connectivity index (χ3n) is 3.30. The molecule has 0 aliphatic heterocycles. The lowest BCUT2D eigenvalue weighted by molar-refractivity contribution is 0.867. The summed E-state index contributed by atoms with van der Waals surface area (Å²) in [6.07, 6.45) is 0. The molecule has 2 aromatic heterocycles. The molecule has 4 heteroatoms. The quantitative estimate of drug-likeness (QED) is 0.589. The first-order valence-electron chi connectivity index (χ1n) is 6.58. The normalized spacial score (nSPS) is 11.4. The number of thiophene rings is 1. The van der Waals surface area contributed by atoms with Crippen molar-refractivity contribution in [1.82, 2.24) is 9.97 Å². The van der Waals surface area contributed by atoms with Crippen LogP contribution in [0.1, 0.15) is 31.2 Å². The van der Waals surface area contributed by atoms with Gasteiger partial charge in [-0.3, -0.25) is 0 Å². The molecule has 102 valence electrons. The summed E-state index contributed by atoms with van der Waals surface area (Å²) in [6.45, 7) is 6.26. The summed E-state index contributed by atoms with van der Waals surface area (Å²) < 4.78 is 0.959. The van der Waals surface area contributed by atoms with Gasteiger partial charge in [-0.1, -0.05) is 49.7 Å². The fraction of sp³-hybridized carbons (Fsp3) is 0.250. The standard InChI is InChI=1S/C16H15ClN2S/c1-9(2)11-4-6-12(7-5-11)14-8-13-15(20-14)16(17)19-10(3)18-13/h4-9H,1-3H3. The molecule has 0 aliphatic carbocycles. The van der Waals surface area contributed by atoms with Crippen molar-refractivity contribution in [3.05, 3.63) is 46.9 Å². The Labute approximate surface area is 127 Å². The molecule has 0 N–H and O–H groups in total. The molecule has 0 unspecified atom stereocenters. The number of rotatable bonds is 2. The molecule has 0 bridgehead atoms. The van der Waals surface area contributed by atoms with E-state index in [-0.39, 0.29) is 0 Å². The van der Waals surface area contributed by atoms with Gasteiger partial charge in [-0.25, -0.2) is 9.97 Å². The fourth-order valence-electron chi connectivity index (χ4n) is 2.18. The van der Waals surface area contributed by atoms with E-state index in [0.29, 0.717) is 16.9 Å². The third kappa shape index (κ3) is 2.43. The summed E-state index contributed by atoms with van der Waals surface area (Å²) >= 11 is 7.83. The van der Waals surface area contributed by atoms with Crippen molar-refractivity contribution in [3.8, 4) is 10.4 Å². The van der Waals surface area contributed by atoms with Crippen LogP contribution < -0.4 is 0 Å². The number of hydrogen-bond acceptors (Lipinski definition) is 3. The monoisotopic (exact) mass is 302 g/mol. The molecular weight excluding hydrogens is 288 g/mol. The SMILES string of the molecule is Cc1nc(Cl)c2sc(-c3ccc(C(C)C)cc3)cc2n1. The van der Waals surface area contributed by atoms with Gasteiger partial charge in [-0.05, 0) is 30.0 Å². The fourth-order valence-corrected chi connectivity index (χ4v) is 3.50. The molecule has 3 aromatic rings. The van der Waals surface area contributed by atoms with Crippen LogP contribution in [-0.4, -0.2) is 9.97 Å². The molecule has 0 amide bonds. The number of benzene rings is 1. The Morgan fingerprint density at radius 1 is 1.10 bits per heavy atom. The van der Waals surface area contributed by atoms with Gasteiger partial charge in [-0.2, -0.15) is 0 Å². The predicted octanol–water partition coefficient (Wildman–Crippen LogP) is 5.44. The van der Waals surface area contributed by atoms with Crippen LogP contribution in [0.25, 0.3) is 20.7 Å². The van der Waals surface area contributed by atoms with E-state index < -0.39 is 0 Å². The van der Waals surface area contributed by atoms with Crippen LogP contribution in [0.15, 0.2) is 30.3 Å². The first-order valence-corrected chi connectivity index (χ1v) is 7.78. The average Bonchev–Trinajstić information content (AvgIpc) is 2.83. The van der Waals surface area contributed by atoms with Gasteiger partial charge in [0, 0.05) is 4.88 Å². The van der Waals surface area contributed by atoms with Gasteiger partial charge in [0.15, 0.2) is 5.15 Å². The molecule has 0 saturated heterocycles. The minimum Gasteiger partial charge on any atom is -0.232 e. The second kappa shape index (κ2) is 5.15. The number of aromatic nitrogens is 2. The van der Waals surface area contributed by atoms with Gasteiger partial charge < -0.3 is 0 Å². The van der Waals surface area contributed by atoms with Crippen molar-refractivity contribution >= 4 is 33.2 Å². The molecule has 2 nitrogen and oxygen atoms in total. The van der Waals surface area contributed by atoms with Gasteiger partial charge in [0.25, 0.3) is 0 Å². The molecule has 0 fully saturated rings. The Hall–Kier alpha value is -1.45. The van der Waals surface area contributed by atoms with Crippen LogP contribution in [0, 0.1) is 6.92 Å². The van der Waals surface area contributed by atoms with E-state index in [9.17, 15) is 0 Å². The third-order valence-corrected chi connectivity index (χ3v) is 4.87. The molecule has 0 aliphatic rings. The van der Waals surface area contributed by atoms with E-state index in [4.69, 9.17) is 11.6 Å². The Bertz CT molecular complexity index is 760. The maximum absolute atomic E-state index is 6.19. The van der Waals surface area contributed by atoms with E-state index in [1.807, 2.05) is 6.92 Å². The molecule has 0 atom stereocenters. The van der Waals surface area contributed by atoms with E-state index in [2.05, 4.69) is 54.1 Å². The number of halogens is 1. The highest BCUT2D eigenvalue weighted by molar-refractivity contribution is 7.22. The minimum absolute atomic E-state index is 0.544. The minimum atomic E-state index is 0.544. The van der Waals surface area contributed by atoms with Crippen molar-refractivity contribution in [2.75, 3.05) is 0 Å². The van der Waals surface area contributed by atoms with E-state index >= 15 is 0 Å². The van der Waals surface area contributed by atoms with Crippen molar-refractivity contribution in [3.63, 3.8) is 0 Å². The maximum Gasteiger partial charge on any atom is 0.150 e. The number of fused-ring (bicyclic) bond motifs is 1. The first kappa shape index (κ1) is 13.5. The number of hydrogen-bond donors (Lipinski definition) is 0. The Morgan fingerprint density at radius 3 is 2.45 bits per heavy atom. The molecule has 3 rings (SSSR count). The molecule has 20 heavy (non-hydrogen) atoms. The van der Waals surface area contributed by atoms with Crippen molar-refractivity contribution in [2.45, 2.75) is 26.7 Å². The summed E-state index contributed by atoms with van der Waals surface area (Å²) in [6, 6.07) is 10.8. The summed E-state index contributed by atoms with van der Waals surface area (Å²) in [5.74, 6) is 1.26. The van der Waals surface area contributed by atoms with Crippen molar-refractivity contribution < 1.29 is 0 Å². The van der Waals surface area contributed by atoms with Gasteiger partial charge in [0.2, 0.25) is 0 Å². The Kier molecular flexibility index (Phi) is 3.48. The number of nitrogens with zero attached hydrogens (tertiary/aromatic N) is 2.